The highest BCUT2D eigenvalue weighted by Crippen LogP contribution is 2.23. The van der Waals surface area contributed by atoms with Crippen LogP contribution in [0.5, 0.6) is 0 Å². The van der Waals surface area contributed by atoms with Gasteiger partial charge in [0, 0.05) is 36.8 Å². The summed E-state index contributed by atoms with van der Waals surface area (Å²) in [5, 5.41) is 9.37. The molecule has 1 aliphatic heterocycles. The highest BCUT2D eigenvalue weighted by atomic mass is 32.2. The molecule has 0 saturated carbocycles. The summed E-state index contributed by atoms with van der Waals surface area (Å²) < 4.78 is 0. The van der Waals surface area contributed by atoms with Crippen molar-refractivity contribution >= 4 is 17.4 Å². The number of nitrogens with zero attached hydrogens (tertiary/aromatic N) is 2. The zero-order valence-corrected chi connectivity index (χ0v) is 14.9. The minimum Gasteiger partial charge on any atom is -0.392 e. The van der Waals surface area contributed by atoms with E-state index >= 15 is 0 Å². The highest BCUT2D eigenvalue weighted by molar-refractivity contribution is 7.99. The molecule has 0 aliphatic carbocycles. The lowest BCUT2D eigenvalue weighted by Crippen LogP contribution is -2.46. The van der Waals surface area contributed by atoms with Crippen LogP contribution in [0, 0.1) is 0 Å². The van der Waals surface area contributed by atoms with Gasteiger partial charge in [0.2, 0.25) is 0 Å². The predicted molar refractivity (Wildman–Crippen MR) is 103 cm³/mol. The largest absolute Gasteiger partial charge is 0.392 e. The van der Waals surface area contributed by atoms with E-state index in [1.54, 1.807) is 0 Å². The molecule has 0 aromatic heterocycles. The summed E-state index contributed by atoms with van der Waals surface area (Å²) in [5.74, 6) is 1.11. The molecule has 1 heterocycles. The number of hydrogen-bond donors (Lipinski definition) is 1. The van der Waals surface area contributed by atoms with Crippen molar-refractivity contribution in [2.75, 3.05) is 43.4 Å². The molecule has 0 radical (unpaired) electrons. The quantitative estimate of drug-likeness (QED) is 0.615. The van der Waals surface area contributed by atoms with E-state index in [1.165, 1.54) is 17.0 Å². The van der Waals surface area contributed by atoms with E-state index in [0.717, 1.165) is 44.0 Å². The third kappa shape index (κ3) is 4.76. The van der Waals surface area contributed by atoms with Crippen LogP contribution in [0.1, 0.15) is 12.0 Å². The summed E-state index contributed by atoms with van der Waals surface area (Å²) >= 11 is 1.86. The van der Waals surface area contributed by atoms with E-state index in [9.17, 15) is 5.11 Å². The fraction of sp³-hybridized carbons (Fsp3) is 0.400. The first-order chi connectivity index (χ1) is 11.9. The summed E-state index contributed by atoms with van der Waals surface area (Å²) in [6.45, 7) is 5.82. The van der Waals surface area contributed by atoms with Gasteiger partial charge in [-0.15, -0.1) is 11.8 Å². The smallest absolute Gasteiger partial charge is 0.0692 e. The van der Waals surface area contributed by atoms with Gasteiger partial charge in [-0.3, -0.25) is 4.90 Å². The topological polar surface area (TPSA) is 26.7 Å². The van der Waals surface area contributed by atoms with Gasteiger partial charge in [-0.1, -0.05) is 36.4 Å². The Morgan fingerprint density at radius 3 is 2.33 bits per heavy atom. The SMILES string of the molecule is OCc1ccccc1SCCCN1CCN(c2ccccc2)CC1. The van der Waals surface area contributed by atoms with Crippen molar-refractivity contribution in [2.24, 2.45) is 0 Å². The van der Waals surface area contributed by atoms with Gasteiger partial charge >= 0.3 is 0 Å². The van der Waals surface area contributed by atoms with Crippen LogP contribution in [0.25, 0.3) is 0 Å². The van der Waals surface area contributed by atoms with Crippen molar-refractivity contribution < 1.29 is 5.11 Å². The maximum absolute atomic E-state index is 9.37. The number of anilines is 1. The summed E-state index contributed by atoms with van der Waals surface area (Å²) in [6, 6.07) is 18.8. The Kier molecular flexibility index (Phi) is 6.58. The zero-order valence-electron chi connectivity index (χ0n) is 14.1. The van der Waals surface area contributed by atoms with Gasteiger partial charge in [-0.25, -0.2) is 0 Å². The molecule has 0 bridgehead atoms. The fourth-order valence-corrected chi connectivity index (χ4v) is 4.10. The Morgan fingerprint density at radius 2 is 1.58 bits per heavy atom. The third-order valence-corrected chi connectivity index (χ3v) is 5.71. The lowest BCUT2D eigenvalue weighted by Gasteiger charge is -2.36. The van der Waals surface area contributed by atoms with E-state index in [-0.39, 0.29) is 6.61 Å². The molecule has 3 nitrogen and oxygen atoms in total. The second-order valence-corrected chi connectivity index (χ2v) is 7.27. The predicted octanol–water partition coefficient (Wildman–Crippen LogP) is 3.48. The van der Waals surface area contributed by atoms with Crippen molar-refractivity contribution in [3.05, 3.63) is 60.2 Å². The molecule has 3 rings (SSSR count). The second kappa shape index (κ2) is 9.11. The molecule has 1 N–H and O–H groups in total. The molecule has 2 aromatic carbocycles. The van der Waals surface area contributed by atoms with Gasteiger partial charge in [0.15, 0.2) is 0 Å². The Balaban J connectivity index is 1.37. The number of thioether (sulfide) groups is 1. The van der Waals surface area contributed by atoms with Crippen molar-refractivity contribution in [2.45, 2.75) is 17.9 Å². The zero-order chi connectivity index (χ0) is 16.6. The monoisotopic (exact) mass is 342 g/mol. The number of aliphatic hydroxyl groups is 1. The lowest BCUT2D eigenvalue weighted by atomic mass is 10.2. The number of aliphatic hydroxyl groups excluding tert-OH is 1. The molecule has 0 spiro atoms. The van der Waals surface area contributed by atoms with Crippen LogP contribution in [0.4, 0.5) is 5.69 Å². The van der Waals surface area contributed by atoms with Crippen molar-refractivity contribution in [1.82, 2.24) is 4.90 Å². The number of piperazine rings is 1. The van der Waals surface area contributed by atoms with Crippen LogP contribution in [0.3, 0.4) is 0 Å². The molecular formula is C20H26N2OS. The van der Waals surface area contributed by atoms with Crippen LogP contribution in [0.15, 0.2) is 59.5 Å². The van der Waals surface area contributed by atoms with Gasteiger partial charge in [0.1, 0.15) is 0 Å². The molecule has 1 saturated heterocycles. The molecule has 128 valence electrons. The van der Waals surface area contributed by atoms with Gasteiger partial charge < -0.3 is 10.0 Å². The van der Waals surface area contributed by atoms with Crippen LogP contribution >= 0.6 is 11.8 Å². The number of hydrogen-bond acceptors (Lipinski definition) is 4. The van der Waals surface area contributed by atoms with Crippen molar-refractivity contribution in [3.8, 4) is 0 Å². The van der Waals surface area contributed by atoms with E-state index in [1.807, 2.05) is 30.0 Å². The van der Waals surface area contributed by atoms with Gasteiger partial charge in [0.25, 0.3) is 0 Å². The van der Waals surface area contributed by atoms with E-state index in [2.05, 4.69) is 46.2 Å². The van der Waals surface area contributed by atoms with Crippen LogP contribution < -0.4 is 4.90 Å². The summed E-state index contributed by atoms with van der Waals surface area (Å²) in [4.78, 5) is 6.26. The van der Waals surface area contributed by atoms with Crippen molar-refractivity contribution in [1.29, 1.82) is 0 Å². The van der Waals surface area contributed by atoms with Gasteiger partial charge in [-0.05, 0) is 42.5 Å². The van der Waals surface area contributed by atoms with Crippen LogP contribution in [-0.2, 0) is 6.61 Å². The molecule has 2 aromatic rings. The van der Waals surface area contributed by atoms with Gasteiger partial charge in [-0.2, -0.15) is 0 Å². The molecular weight excluding hydrogens is 316 g/mol. The van der Waals surface area contributed by atoms with Gasteiger partial charge in [0.05, 0.1) is 6.61 Å². The highest BCUT2D eigenvalue weighted by Gasteiger charge is 2.16. The standard InChI is InChI=1S/C20H26N2OS/c23-17-18-7-4-5-10-20(18)24-16-6-11-21-12-14-22(15-13-21)19-8-2-1-3-9-19/h1-5,7-10,23H,6,11-17H2. The van der Waals surface area contributed by atoms with Crippen LogP contribution in [0.2, 0.25) is 0 Å². The Hall–Kier alpha value is -1.49. The fourth-order valence-electron chi connectivity index (χ4n) is 3.11. The molecule has 24 heavy (non-hydrogen) atoms. The molecule has 0 unspecified atom stereocenters. The maximum Gasteiger partial charge on any atom is 0.0692 e. The number of rotatable bonds is 7. The lowest BCUT2D eigenvalue weighted by molar-refractivity contribution is 0.259. The molecule has 1 fully saturated rings. The van der Waals surface area contributed by atoms with Crippen molar-refractivity contribution in [3.63, 3.8) is 0 Å². The van der Waals surface area contributed by atoms with Crippen LogP contribution in [-0.4, -0.2) is 48.5 Å². The normalized spacial score (nSPS) is 15.6. The molecule has 4 heteroatoms. The first-order valence-electron chi connectivity index (χ1n) is 8.71. The first kappa shape index (κ1) is 17.3. The average molecular weight is 343 g/mol. The average Bonchev–Trinajstić information content (AvgIpc) is 2.67. The second-order valence-electron chi connectivity index (χ2n) is 6.13. The third-order valence-electron chi connectivity index (χ3n) is 4.51. The summed E-state index contributed by atoms with van der Waals surface area (Å²) in [7, 11) is 0. The summed E-state index contributed by atoms with van der Waals surface area (Å²) in [6.07, 6.45) is 1.19. The number of para-hydroxylation sites is 1. The minimum atomic E-state index is 0.130. The Labute approximate surface area is 149 Å². The maximum atomic E-state index is 9.37. The molecule has 0 amide bonds. The Morgan fingerprint density at radius 1 is 0.875 bits per heavy atom. The van der Waals surface area contributed by atoms with E-state index in [4.69, 9.17) is 0 Å². The number of benzene rings is 2. The molecule has 1 aliphatic rings. The molecule has 0 atom stereocenters. The minimum absolute atomic E-state index is 0.130. The Bertz CT molecular complexity index is 612. The van der Waals surface area contributed by atoms with E-state index < -0.39 is 0 Å². The first-order valence-corrected chi connectivity index (χ1v) is 9.69. The summed E-state index contributed by atoms with van der Waals surface area (Å²) in [5.41, 5.74) is 2.38. The van der Waals surface area contributed by atoms with E-state index in [0.29, 0.717) is 0 Å².